The predicted molar refractivity (Wildman–Crippen MR) is 104 cm³/mol. The van der Waals surface area contributed by atoms with Gasteiger partial charge in [0.25, 0.3) is 5.91 Å². The first-order valence-corrected chi connectivity index (χ1v) is 8.32. The fraction of sp³-hybridized carbons (Fsp3) is 0.100. The average molecular weight is 378 g/mol. The lowest BCUT2D eigenvalue weighted by atomic mass is 10.1. The van der Waals surface area contributed by atoms with Crippen LogP contribution in [0.15, 0.2) is 60.9 Å². The Bertz CT molecular complexity index is 1010. The van der Waals surface area contributed by atoms with Gasteiger partial charge in [-0.2, -0.15) is 0 Å². The number of carbonyl (C=O) groups excluding carboxylic acids is 2. The summed E-state index contributed by atoms with van der Waals surface area (Å²) in [4.78, 5) is 32.5. The maximum Gasteiger partial charge on any atom is 0.339 e. The Morgan fingerprint density at radius 3 is 2.57 bits per heavy atom. The van der Waals surface area contributed by atoms with Crippen molar-refractivity contribution in [2.45, 2.75) is 0 Å². The number of carbonyl (C=O) groups is 2. The third-order valence-electron chi connectivity index (χ3n) is 3.82. The third-order valence-corrected chi connectivity index (χ3v) is 3.82. The number of benzene rings is 2. The van der Waals surface area contributed by atoms with E-state index in [-0.39, 0.29) is 11.3 Å². The minimum absolute atomic E-state index is 0.139. The number of anilines is 3. The van der Waals surface area contributed by atoms with Crippen LogP contribution in [0.1, 0.15) is 20.8 Å². The molecule has 142 valence electrons. The molecule has 0 fully saturated rings. The van der Waals surface area contributed by atoms with Crippen LogP contribution in [0.3, 0.4) is 0 Å². The average Bonchev–Trinajstić information content (AvgIpc) is 2.74. The molecule has 0 aliphatic carbocycles. The number of amides is 1. The van der Waals surface area contributed by atoms with Gasteiger partial charge in [-0.05, 0) is 24.3 Å². The Labute approximate surface area is 161 Å². The van der Waals surface area contributed by atoms with Crippen molar-refractivity contribution in [3.63, 3.8) is 0 Å². The zero-order valence-corrected chi connectivity index (χ0v) is 15.3. The van der Waals surface area contributed by atoms with Crippen molar-refractivity contribution in [2.24, 2.45) is 0 Å². The number of hydrogen-bond acceptors (Lipinski definition) is 7. The summed E-state index contributed by atoms with van der Waals surface area (Å²) >= 11 is 0. The SMILES string of the molecule is COC(=O)c1ccccc1NC(=O)c1cc(Nc2cccc(OC)c2)ncn1. The molecule has 0 bridgehead atoms. The maximum absolute atomic E-state index is 12.6. The molecule has 2 aromatic carbocycles. The molecule has 0 aliphatic heterocycles. The molecule has 0 saturated heterocycles. The molecule has 3 aromatic rings. The van der Waals surface area contributed by atoms with E-state index in [1.807, 2.05) is 18.2 Å². The summed E-state index contributed by atoms with van der Waals surface area (Å²) < 4.78 is 9.92. The molecule has 8 heteroatoms. The number of ether oxygens (including phenoxy) is 2. The zero-order chi connectivity index (χ0) is 19.9. The number of methoxy groups -OCH3 is 2. The zero-order valence-electron chi connectivity index (χ0n) is 15.3. The van der Waals surface area contributed by atoms with Crippen molar-refractivity contribution < 1.29 is 19.1 Å². The summed E-state index contributed by atoms with van der Waals surface area (Å²) in [6, 6.07) is 15.4. The van der Waals surface area contributed by atoms with E-state index in [0.717, 1.165) is 5.69 Å². The molecule has 28 heavy (non-hydrogen) atoms. The van der Waals surface area contributed by atoms with Crippen LogP contribution in [-0.2, 0) is 4.74 Å². The van der Waals surface area contributed by atoms with Gasteiger partial charge in [0.2, 0.25) is 0 Å². The van der Waals surface area contributed by atoms with E-state index >= 15 is 0 Å². The molecule has 8 nitrogen and oxygen atoms in total. The van der Waals surface area contributed by atoms with Gasteiger partial charge >= 0.3 is 5.97 Å². The third kappa shape index (κ3) is 4.42. The van der Waals surface area contributed by atoms with E-state index in [1.165, 1.54) is 19.5 Å². The highest BCUT2D eigenvalue weighted by atomic mass is 16.5. The Morgan fingerprint density at radius 2 is 1.79 bits per heavy atom. The van der Waals surface area contributed by atoms with Gasteiger partial charge in [0.1, 0.15) is 23.6 Å². The van der Waals surface area contributed by atoms with E-state index in [2.05, 4.69) is 20.6 Å². The molecule has 1 heterocycles. The number of hydrogen-bond donors (Lipinski definition) is 2. The van der Waals surface area contributed by atoms with Crippen LogP contribution in [0.5, 0.6) is 5.75 Å². The molecule has 0 spiro atoms. The summed E-state index contributed by atoms with van der Waals surface area (Å²) in [6.07, 6.45) is 1.28. The first-order valence-electron chi connectivity index (χ1n) is 8.32. The standard InChI is InChI=1S/C20H18N4O4/c1-27-14-7-5-6-13(10-14)23-18-11-17(21-12-22-18)19(25)24-16-9-4-3-8-15(16)20(26)28-2/h3-12H,1-2H3,(H,24,25)(H,21,22,23). The summed E-state index contributed by atoms with van der Waals surface area (Å²) in [7, 11) is 2.86. The van der Waals surface area contributed by atoms with E-state index in [9.17, 15) is 9.59 Å². The van der Waals surface area contributed by atoms with Crippen LogP contribution in [0, 0.1) is 0 Å². The first kappa shape index (κ1) is 18.8. The summed E-state index contributed by atoms with van der Waals surface area (Å²) in [5.74, 6) is 0.109. The molecule has 0 aliphatic rings. The van der Waals surface area contributed by atoms with Gasteiger partial charge in [0.15, 0.2) is 0 Å². The number of esters is 1. The number of para-hydroxylation sites is 1. The molecule has 2 N–H and O–H groups in total. The maximum atomic E-state index is 12.6. The highest BCUT2D eigenvalue weighted by molar-refractivity contribution is 6.07. The van der Waals surface area contributed by atoms with E-state index in [1.54, 1.807) is 37.4 Å². The van der Waals surface area contributed by atoms with Crippen LogP contribution in [0.2, 0.25) is 0 Å². The molecular formula is C20H18N4O4. The monoisotopic (exact) mass is 378 g/mol. The summed E-state index contributed by atoms with van der Waals surface area (Å²) in [5.41, 5.74) is 1.47. The fourth-order valence-corrected chi connectivity index (χ4v) is 2.46. The molecule has 0 saturated carbocycles. The van der Waals surface area contributed by atoms with Gasteiger partial charge in [-0.1, -0.05) is 18.2 Å². The molecule has 1 amide bonds. The second-order valence-corrected chi connectivity index (χ2v) is 5.64. The fourth-order valence-electron chi connectivity index (χ4n) is 2.46. The predicted octanol–water partition coefficient (Wildman–Crippen LogP) is 3.27. The van der Waals surface area contributed by atoms with E-state index in [4.69, 9.17) is 9.47 Å². The Morgan fingerprint density at radius 1 is 0.964 bits per heavy atom. The lowest BCUT2D eigenvalue weighted by Crippen LogP contribution is -2.17. The van der Waals surface area contributed by atoms with Gasteiger partial charge in [-0.3, -0.25) is 4.79 Å². The van der Waals surface area contributed by atoms with Crippen LogP contribution >= 0.6 is 0 Å². The number of aromatic nitrogens is 2. The highest BCUT2D eigenvalue weighted by Crippen LogP contribution is 2.21. The van der Waals surface area contributed by atoms with Gasteiger partial charge in [-0.25, -0.2) is 14.8 Å². The smallest absolute Gasteiger partial charge is 0.339 e. The van der Waals surface area contributed by atoms with Gasteiger partial charge in [0.05, 0.1) is 25.5 Å². The van der Waals surface area contributed by atoms with E-state index in [0.29, 0.717) is 17.3 Å². The van der Waals surface area contributed by atoms with Crippen LogP contribution in [0.25, 0.3) is 0 Å². The molecular weight excluding hydrogens is 360 g/mol. The molecule has 0 unspecified atom stereocenters. The van der Waals surface area contributed by atoms with E-state index < -0.39 is 11.9 Å². The number of nitrogens with one attached hydrogen (secondary N) is 2. The van der Waals surface area contributed by atoms with Crippen molar-refractivity contribution in [1.29, 1.82) is 0 Å². The minimum Gasteiger partial charge on any atom is -0.497 e. The number of rotatable bonds is 6. The molecule has 0 atom stereocenters. The largest absolute Gasteiger partial charge is 0.497 e. The summed E-state index contributed by atoms with van der Waals surface area (Å²) in [6.45, 7) is 0. The van der Waals surface area contributed by atoms with Crippen LogP contribution < -0.4 is 15.4 Å². The van der Waals surface area contributed by atoms with Crippen molar-refractivity contribution in [3.05, 3.63) is 72.2 Å². The Balaban J connectivity index is 1.78. The van der Waals surface area contributed by atoms with Crippen molar-refractivity contribution in [2.75, 3.05) is 24.9 Å². The Kier molecular flexibility index (Phi) is 5.81. The van der Waals surface area contributed by atoms with Crippen LogP contribution in [0.4, 0.5) is 17.2 Å². The van der Waals surface area contributed by atoms with Gasteiger partial charge in [0, 0.05) is 17.8 Å². The second kappa shape index (κ2) is 8.63. The Hall–Kier alpha value is -3.94. The minimum atomic E-state index is -0.543. The summed E-state index contributed by atoms with van der Waals surface area (Å²) in [5, 5.41) is 5.76. The van der Waals surface area contributed by atoms with Crippen molar-refractivity contribution >= 4 is 29.1 Å². The molecule has 0 radical (unpaired) electrons. The normalized spacial score (nSPS) is 10.1. The lowest BCUT2D eigenvalue weighted by molar-refractivity contribution is 0.0602. The van der Waals surface area contributed by atoms with Gasteiger partial charge in [-0.15, -0.1) is 0 Å². The van der Waals surface area contributed by atoms with Gasteiger partial charge < -0.3 is 20.1 Å². The molecule has 1 aromatic heterocycles. The quantitative estimate of drug-likeness (QED) is 0.635. The lowest BCUT2D eigenvalue weighted by Gasteiger charge is -2.10. The topological polar surface area (TPSA) is 102 Å². The highest BCUT2D eigenvalue weighted by Gasteiger charge is 2.15. The van der Waals surface area contributed by atoms with Crippen molar-refractivity contribution in [1.82, 2.24) is 9.97 Å². The second-order valence-electron chi connectivity index (χ2n) is 5.64. The first-order chi connectivity index (χ1) is 13.6. The number of nitrogens with zero attached hydrogens (tertiary/aromatic N) is 2. The van der Waals surface area contributed by atoms with Crippen molar-refractivity contribution in [3.8, 4) is 5.75 Å². The van der Waals surface area contributed by atoms with Crippen LogP contribution in [-0.4, -0.2) is 36.1 Å². The molecule has 3 rings (SSSR count).